The van der Waals surface area contributed by atoms with E-state index in [0.29, 0.717) is 25.8 Å². The number of carbonyl (C=O) groups excluding carboxylic acids is 4. The summed E-state index contributed by atoms with van der Waals surface area (Å²) in [6, 6.07) is 17.1. The maximum Gasteiger partial charge on any atom is 0.326 e. The Morgan fingerprint density at radius 2 is 1.43 bits per heavy atom. The van der Waals surface area contributed by atoms with Crippen LogP contribution < -0.4 is 43.8 Å². The minimum Gasteiger partial charge on any atom is -0.480 e. The number of para-hydroxylation sites is 1. The van der Waals surface area contributed by atoms with E-state index in [1.54, 1.807) is 6.20 Å². The van der Waals surface area contributed by atoms with Gasteiger partial charge < -0.3 is 53.9 Å². The lowest BCUT2D eigenvalue weighted by Gasteiger charge is -2.24. The first-order valence-electron chi connectivity index (χ1n) is 18.9. The summed E-state index contributed by atoms with van der Waals surface area (Å²) >= 11 is 0. The number of aromatic amines is 1. The number of carboxylic acid groups (broad SMARTS) is 1. The van der Waals surface area contributed by atoms with Crippen LogP contribution in [0, 0.1) is 5.41 Å². The molecule has 16 heteroatoms. The van der Waals surface area contributed by atoms with Crippen molar-refractivity contribution in [2.24, 2.45) is 17.2 Å². The summed E-state index contributed by atoms with van der Waals surface area (Å²) in [5, 5.41) is 33.5. The Morgan fingerprint density at radius 3 is 2.18 bits per heavy atom. The first-order chi connectivity index (χ1) is 26.9. The molecule has 0 saturated heterocycles. The summed E-state index contributed by atoms with van der Waals surface area (Å²) in [6.07, 6.45) is 4.28. The molecule has 3 aromatic carbocycles. The maximum absolute atomic E-state index is 14.0. The van der Waals surface area contributed by atoms with Crippen molar-refractivity contribution in [2.45, 2.75) is 82.0 Å². The van der Waals surface area contributed by atoms with E-state index in [2.05, 4.69) is 31.6 Å². The monoisotopic (exact) mass is 770 g/mol. The number of rotatable bonds is 23. The number of hydrogen-bond acceptors (Lipinski definition) is 8. The second kappa shape index (κ2) is 21.8. The Hall–Kier alpha value is -6.00. The zero-order valence-corrected chi connectivity index (χ0v) is 31.4. The molecule has 4 rings (SSSR count). The molecule has 4 atom stereocenters. The van der Waals surface area contributed by atoms with Crippen LogP contribution in [0.2, 0.25) is 0 Å². The van der Waals surface area contributed by atoms with Crippen LogP contribution in [0.4, 0.5) is 0 Å². The fourth-order valence-corrected chi connectivity index (χ4v) is 6.39. The molecule has 1 heterocycles. The van der Waals surface area contributed by atoms with E-state index in [9.17, 15) is 29.1 Å². The number of benzene rings is 3. The van der Waals surface area contributed by atoms with Gasteiger partial charge in [-0.1, -0.05) is 60.7 Å². The minimum atomic E-state index is -1.13. The molecular weight excluding hydrogens is 717 g/mol. The highest BCUT2D eigenvalue weighted by molar-refractivity contribution is 5.94. The minimum absolute atomic E-state index is 0.0255. The van der Waals surface area contributed by atoms with Crippen molar-refractivity contribution < 1.29 is 29.1 Å². The van der Waals surface area contributed by atoms with Crippen molar-refractivity contribution in [1.82, 2.24) is 31.6 Å². The van der Waals surface area contributed by atoms with Crippen molar-refractivity contribution in [3.63, 3.8) is 0 Å². The number of H-pyrrole nitrogens is 1. The van der Waals surface area contributed by atoms with Gasteiger partial charge in [-0.3, -0.25) is 24.6 Å². The van der Waals surface area contributed by atoms with Crippen molar-refractivity contribution in [2.75, 3.05) is 19.6 Å². The highest BCUT2D eigenvalue weighted by Gasteiger charge is 2.29. The fraction of sp³-hybridized carbons (Fsp3) is 0.400. The average Bonchev–Trinajstić information content (AvgIpc) is 3.59. The number of carbonyl (C=O) groups is 5. The zero-order valence-electron chi connectivity index (χ0n) is 31.4. The Bertz CT molecular complexity index is 1970. The van der Waals surface area contributed by atoms with Crippen molar-refractivity contribution in [1.29, 1.82) is 5.41 Å². The van der Waals surface area contributed by atoms with Gasteiger partial charge in [0, 0.05) is 43.0 Å². The van der Waals surface area contributed by atoms with Gasteiger partial charge in [-0.15, -0.1) is 0 Å². The molecule has 0 fully saturated rings. The van der Waals surface area contributed by atoms with Gasteiger partial charge in [-0.2, -0.15) is 0 Å². The van der Waals surface area contributed by atoms with Crippen LogP contribution in [0.3, 0.4) is 0 Å². The van der Waals surface area contributed by atoms with E-state index < -0.39 is 53.8 Å². The fourth-order valence-electron chi connectivity index (χ4n) is 6.39. The summed E-state index contributed by atoms with van der Waals surface area (Å²) in [5.41, 5.74) is 19.8. The lowest BCUT2D eigenvalue weighted by atomic mass is 10.0. The number of unbranched alkanes of at least 4 members (excludes halogenated alkanes) is 1. The molecule has 0 spiro atoms. The molecule has 0 bridgehead atoms. The van der Waals surface area contributed by atoms with Crippen LogP contribution in [0.25, 0.3) is 21.7 Å². The maximum atomic E-state index is 14.0. The van der Waals surface area contributed by atoms with Gasteiger partial charge in [0.05, 0.1) is 6.04 Å². The molecule has 0 aliphatic carbocycles. The molecule has 0 aliphatic heterocycles. The predicted molar refractivity (Wildman–Crippen MR) is 215 cm³/mol. The number of fused-ring (bicyclic) bond motifs is 2. The Kier molecular flexibility index (Phi) is 16.6. The number of amides is 4. The highest BCUT2D eigenvalue weighted by Crippen LogP contribution is 2.20. The normalized spacial score (nSPS) is 13.2. The van der Waals surface area contributed by atoms with Gasteiger partial charge in [0.2, 0.25) is 23.6 Å². The van der Waals surface area contributed by atoms with Crippen LogP contribution in [0.1, 0.15) is 56.1 Å². The molecule has 0 aliphatic rings. The SMILES string of the molecule is N=C(N)NCCC[C@H](NC(=O)[C@@H](N)Cc1ccc2ccccc2c1)C(=O)N[C@@H](Cc1c[nH]c2ccccc12)C(=O)NCCCC(=O)N[C@@H](CCCCN)C(=O)O. The van der Waals surface area contributed by atoms with Gasteiger partial charge in [-0.25, -0.2) is 4.79 Å². The lowest BCUT2D eigenvalue weighted by molar-refractivity contribution is -0.142. The van der Waals surface area contributed by atoms with Crippen molar-refractivity contribution in [3.8, 4) is 0 Å². The molecule has 16 nitrogen and oxygen atoms in total. The van der Waals surface area contributed by atoms with E-state index in [4.69, 9.17) is 22.6 Å². The molecule has 0 saturated carbocycles. The van der Waals surface area contributed by atoms with E-state index in [1.807, 2.05) is 66.7 Å². The van der Waals surface area contributed by atoms with Gasteiger partial charge in [0.1, 0.15) is 18.1 Å². The summed E-state index contributed by atoms with van der Waals surface area (Å²) in [4.78, 5) is 68.4. The summed E-state index contributed by atoms with van der Waals surface area (Å²) in [7, 11) is 0. The number of guanidine groups is 1. The third kappa shape index (κ3) is 13.4. The summed E-state index contributed by atoms with van der Waals surface area (Å²) in [5.74, 6) is -3.48. The smallest absolute Gasteiger partial charge is 0.326 e. The molecule has 0 unspecified atom stereocenters. The summed E-state index contributed by atoms with van der Waals surface area (Å²) < 4.78 is 0. The first-order valence-corrected chi connectivity index (χ1v) is 18.9. The van der Waals surface area contributed by atoms with E-state index in [-0.39, 0.29) is 57.6 Å². The average molecular weight is 771 g/mol. The number of aromatic nitrogens is 1. The van der Waals surface area contributed by atoms with Crippen LogP contribution in [-0.2, 0) is 36.8 Å². The van der Waals surface area contributed by atoms with E-state index in [0.717, 1.165) is 32.8 Å². The molecule has 1 aromatic heterocycles. The zero-order chi connectivity index (χ0) is 40.5. The molecule has 0 radical (unpaired) electrons. The number of carboxylic acids is 1. The van der Waals surface area contributed by atoms with Crippen LogP contribution in [-0.4, -0.2) is 89.4 Å². The van der Waals surface area contributed by atoms with Crippen molar-refractivity contribution in [3.05, 3.63) is 84.1 Å². The Morgan fingerprint density at radius 1 is 0.732 bits per heavy atom. The number of hydrogen-bond donors (Lipinski definition) is 11. The Labute approximate surface area is 325 Å². The molecule has 14 N–H and O–H groups in total. The standard InChI is InChI=1S/C40H54N10O6/c41-18-6-5-13-33(39(55)56)48-35(51)15-8-19-45-37(53)34(23-28-24-47-31-12-4-3-11-29(28)31)50-38(54)32(14-7-20-46-40(43)44)49-36(52)30(42)22-25-16-17-26-9-1-2-10-27(26)21-25/h1-4,9-12,16-17,21,24,30,32-34,47H,5-8,13-15,18-20,22-23,41-42H2,(H,45,53)(H,48,51)(H,49,52)(H,50,54)(H,55,56)(H4,43,44,46)/t30-,32-,33-,34-/m0/s1. The van der Waals surface area contributed by atoms with Crippen LogP contribution in [0.15, 0.2) is 72.9 Å². The highest BCUT2D eigenvalue weighted by atomic mass is 16.4. The largest absolute Gasteiger partial charge is 0.480 e. The third-order valence-electron chi connectivity index (χ3n) is 9.42. The molecule has 4 amide bonds. The van der Waals surface area contributed by atoms with E-state index >= 15 is 0 Å². The molecule has 4 aromatic rings. The van der Waals surface area contributed by atoms with Crippen LogP contribution >= 0.6 is 0 Å². The van der Waals surface area contributed by atoms with Gasteiger partial charge in [0.15, 0.2) is 5.96 Å². The second-order valence-corrected chi connectivity index (χ2v) is 13.8. The molecular formula is C40H54N10O6. The van der Waals surface area contributed by atoms with Gasteiger partial charge in [-0.05, 0) is 79.5 Å². The van der Waals surface area contributed by atoms with Gasteiger partial charge in [0.25, 0.3) is 0 Å². The third-order valence-corrected chi connectivity index (χ3v) is 9.42. The predicted octanol–water partition coefficient (Wildman–Crippen LogP) is 1.26. The van der Waals surface area contributed by atoms with E-state index in [1.165, 1.54) is 0 Å². The molecule has 300 valence electrons. The van der Waals surface area contributed by atoms with Crippen LogP contribution in [0.5, 0.6) is 0 Å². The summed E-state index contributed by atoms with van der Waals surface area (Å²) in [6.45, 7) is 0.778. The van der Waals surface area contributed by atoms with Crippen molar-refractivity contribution >= 4 is 57.2 Å². The number of aliphatic carboxylic acids is 1. The number of nitrogens with one attached hydrogen (secondary N) is 7. The first kappa shape index (κ1) is 42.7. The number of nitrogens with two attached hydrogens (primary N) is 3. The lowest BCUT2D eigenvalue weighted by Crippen LogP contribution is -2.56. The topological polar surface area (TPSA) is 283 Å². The quantitative estimate of drug-likeness (QED) is 0.0292. The van der Waals surface area contributed by atoms with Gasteiger partial charge >= 0.3 is 5.97 Å². The molecule has 56 heavy (non-hydrogen) atoms. The second-order valence-electron chi connectivity index (χ2n) is 13.8. The Balaban J connectivity index is 1.43.